The van der Waals surface area contributed by atoms with E-state index in [-0.39, 0.29) is 38.2 Å². The van der Waals surface area contributed by atoms with Crippen molar-refractivity contribution in [3.63, 3.8) is 0 Å². The standard InChI is InChI=1S/C22H27FN2O5S/c1-4-25(5-2)31(28,29)20-15-18(11-12-19(20)23)22(27)24(14-13-21(26)30-3)16-17-9-7-6-8-10-17/h6-12,15H,4-5,13-14,16H2,1-3H3. The second kappa shape index (κ2) is 11.0. The summed E-state index contributed by atoms with van der Waals surface area (Å²) in [5.41, 5.74) is 0.853. The number of rotatable bonds is 10. The molecule has 9 heteroatoms. The van der Waals surface area contributed by atoms with Crippen molar-refractivity contribution in [3.8, 4) is 0 Å². The molecule has 0 heterocycles. The predicted molar refractivity (Wildman–Crippen MR) is 114 cm³/mol. The van der Waals surface area contributed by atoms with Crippen LogP contribution in [0, 0.1) is 5.82 Å². The molecule has 0 aromatic heterocycles. The maximum absolute atomic E-state index is 14.4. The molecule has 0 spiro atoms. The molecule has 0 radical (unpaired) electrons. The third-order valence-corrected chi connectivity index (χ3v) is 6.88. The van der Waals surface area contributed by atoms with Crippen LogP contribution in [0.15, 0.2) is 53.4 Å². The third-order valence-electron chi connectivity index (χ3n) is 4.82. The van der Waals surface area contributed by atoms with Crippen molar-refractivity contribution in [2.24, 2.45) is 0 Å². The van der Waals surface area contributed by atoms with E-state index in [9.17, 15) is 22.4 Å². The van der Waals surface area contributed by atoms with Crippen molar-refractivity contribution in [2.75, 3.05) is 26.7 Å². The van der Waals surface area contributed by atoms with E-state index in [0.29, 0.717) is 0 Å². The van der Waals surface area contributed by atoms with E-state index >= 15 is 0 Å². The fraction of sp³-hybridized carbons (Fsp3) is 0.364. The van der Waals surface area contributed by atoms with E-state index < -0.39 is 32.6 Å². The highest BCUT2D eigenvalue weighted by Crippen LogP contribution is 2.22. The highest BCUT2D eigenvalue weighted by atomic mass is 32.2. The molecule has 0 bridgehead atoms. The average molecular weight is 451 g/mol. The minimum atomic E-state index is -4.09. The summed E-state index contributed by atoms with van der Waals surface area (Å²) in [6, 6.07) is 12.4. The Kier molecular flexibility index (Phi) is 8.70. The summed E-state index contributed by atoms with van der Waals surface area (Å²) in [5, 5.41) is 0. The maximum Gasteiger partial charge on any atom is 0.307 e. The molecule has 31 heavy (non-hydrogen) atoms. The Morgan fingerprint density at radius 3 is 2.26 bits per heavy atom. The van der Waals surface area contributed by atoms with Gasteiger partial charge in [0.05, 0.1) is 13.5 Å². The Hall–Kier alpha value is -2.78. The first-order chi connectivity index (χ1) is 14.7. The summed E-state index contributed by atoms with van der Waals surface area (Å²) >= 11 is 0. The highest BCUT2D eigenvalue weighted by Gasteiger charge is 2.27. The highest BCUT2D eigenvalue weighted by molar-refractivity contribution is 7.89. The van der Waals surface area contributed by atoms with Gasteiger partial charge in [-0.05, 0) is 23.8 Å². The zero-order valence-electron chi connectivity index (χ0n) is 17.9. The Balaban J connectivity index is 2.40. The van der Waals surface area contributed by atoms with Gasteiger partial charge in [0.15, 0.2) is 0 Å². The molecular formula is C22H27FN2O5S. The van der Waals surface area contributed by atoms with Crippen LogP contribution in [0.2, 0.25) is 0 Å². The number of methoxy groups -OCH3 is 1. The number of carbonyl (C=O) groups excluding carboxylic acids is 2. The Morgan fingerprint density at radius 2 is 1.68 bits per heavy atom. The van der Waals surface area contributed by atoms with Crippen LogP contribution in [0.3, 0.4) is 0 Å². The average Bonchev–Trinajstić information content (AvgIpc) is 2.77. The zero-order valence-corrected chi connectivity index (χ0v) is 18.7. The number of ether oxygens (including phenoxy) is 1. The fourth-order valence-electron chi connectivity index (χ4n) is 3.10. The van der Waals surface area contributed by atoms with Crippen LogP contribution in [0.4, 0.5) is 4.39 Å². The second-order valence-corrected chi connectivity index (χ2v) is 8.68. The topological polar surface area (TPSA) is 84.0 Å². The molecule has 0 saturated heterocycles. The van der Waals surface area contributed by atoms with E-state index in [1.165, 1.54) is 18.1 Å². The van der Waals surface area contributed by atoms with E-state index in [4.69, 9.17) is 0 Å². The van der Waals surface area contributed by atoms with Crippen LogP contribution in [0.1, 0.15) is 36.2 Å². The van der Waals surface area contributed by atoms with Crippen molar-refractivity contribution in [3.05, 3.63) is 65.5 Å². The normalized spacial score (nSPS) is 11.4. The van der Waals surface area contributed by atoms with Crippen LogP contribution >= 0.6 is 0 Å². The van der Waals surface area contributed by atoms with Crippen molar-refractivity contribution < 1.29 is 27.1 Å². The van der Waals surface area contributed by atoms with E-state index in [1.54, 1.807) is 13.8 Å². The number of amides is 1. The maximum atomic E-state index is 14.4. The van der Waals surface area contributed by atoms with Crippen molar-refractivity contribution in [1.82, 2.24) is 9.21 Å². The summed E-state index contributed by atoms with van der Waals surface area (Å²) in [5.74, 6) is -1.91. The molecule has 0 aliphatic heterocycles. The molecule has 2 aromatic carbocycles. The van der Waals surface area contributed by atoms with Gasteiger partial charge in [-0.25, -0.2) is 12.8 Å². The fourth-order valence-corrected chi connectivity index (χ4v) is 4.65. The number of benzene rings is 2. The van der Waals surface area contributed by atoms with E-state index in [1.807, 2.05) is 30.3 Å². The Bertz CT molecular complexity index is 1010. The number of sulfonamides is 1. The molecule has 0 fully saturated rings. The first-order valence-electron chi connectivity index (χ1n) is 9.94. The molecule has 0 unspecified atom stereocenters. The van der Waals surface area contributed by atoms with Gasteiger partial charge in [-0.2, -0.15) is 4.31 Å². The molecule has 0 saturated carbocycles. The lowest BCUT2D eigenvalue weighted by Crippen LogP contribution is -2.34. The second-order valence-electron chi connectivity index (χ2n) is 6.77. The smallest absolute Gasteiger partial charge is 0.307 e. The first kappa shape index (κ1) is 24.5. The Labute approximate surface area is 182 Å². The lowest BCUT2D eigenvalue weighted by atomic mass is 10.1. The van der Waals surface area contributed by atoms with Gasteiger partial charge in [-0.3, -0.25) is 9.59 Å². The molecule has 0 aliphatic rings. The van der Waals surface area contributed by atoms with Crippen LogP contribution < -0.4 is 0 Å². The van der Waals surface area contributed by atoms with Crippen LogP contribution in [-0.4, -0.2) is 56.2 Å². The molecule has 0 atom stereocenters. The van der Waals surface area contributed by atoms with Crippen LogP contribution in [0.25, 0.3) is 0 Å². The summed E-state index contributed by atoms with van der Waals surface area (Å²) < 4.78 is 45.8. The largest absolute Gasteiger partial charge is 0.469 e. The summed E-state index contributed by atoms with van der Waals surface area (Å²) in [7, 11) is -2.83. The van der Waals surface area contributed by atoms with Crippen LogP contribution in [0.5, 0.6) is 0 Å². The van der Waals surface area contributed by atoms with Crippen molar-refractivity contribution in [1.29, 1.82) is 0 Å². The van der Waals surface area contributed by atoms with Gasteiger partial charge in [-0.1, -0.05) is 44.2 Å². The minimum absolute atomic E-state index is 0.0212. The van der Waals surface area contributed by atoms with Gasteiger partial charge < -0.3 is 9.64 Å². The molecule has 7 nitrogen and oxygen atoms in total. The number of hydrogen-bond donors (Lipinski definition) is 0. The van der Waals surface area contributed by atoms with Gasteiger partial charge in [0.25, 0.3) is 5.91 Å². The third kappa shape index (κ3) is 6.11. The molecule has 0 N–H and O–H groups in total. The Morgan fingerprint density at radius 1 is 1.03 bits per heavy atom. The minimum Gasteiger partial charge on any atom is -0.469 e. The summed E-state index contributed by atoms with van der Waals surface area (Å²) in [6.07, 6.45) is -0.0269. The zero-order chi connectivity index (χ0) is 23.0. The van der Waals surface area contributed by atoms with Gasteiger partial charge >= 0.3 is 5.97 Å². The molecule has 2 aromatic rings. The van der Waals surface area contributed by atoms with Gasteiger partial charge in [-0.15, -0.1) is 0 Å². The number of esters is 1. The first-order valence-corrected chi connectivity index (χ1v) is 11.4. The molecular weight excluding hydrogens is 423 g/mol. The summed E-state index contributed by atoms with van der Waals surface area (Å²) in [6.45, 7) is 3.93. The van der Waals surface area contributed by atoms with Gasteiger partial charge in [0, 0.05) is 31.7 Å². The number of hydrogen-bond acceptors (Lipinski definition) is 5. The van der Waals surface area contributed by atoms with Crippen molar-refractivity contribution in [2.45, 2.75) is 31.7 Å². The molecule has 168 valence electrons. The van der Waals surface area contributed by atoms with Gasteiger partial charge in [0.1, 0.15) is 10.7 Å². The lowest BCUT2D eigenvalue weighted by Gasteiger charge is -2.23. The molecule has 2 rings (SSSR count). The quantitative estimate of drug-likeness (QED) is 0.520. The molecule has 1 amide bonds. The number of carbonyl (C=O) groups is 2. The van der Waals surface area contributed by atoms with Crippen LogP contribution in [-0.2, 0) is 26.1 Å². The SMILES string of the molecule is CCN(CC)S(=O)(=O)c1cc(C(=O)N(CCC(=O)OC)Cc2ccccc2)ccc1F. The monoisotopic (exact) mass is 450 g/mol. The lowest BCUT2D eigenvalue weighted by molar-refractivity contribution is -0.140. The number of halogens is 1. The van der Waals surface area contributed by atoms with E-state index in [2.05, 4.69) is 4.74 Å². The van der Waals surface area contributed by atoms with E-state index in [0.717, 1.165) is 22.0 Å². The number of nitrogens with zero attached hydrogens (tertiary/aromatic N) is 2. The molecule has 0 aliphatic carbocycles. The van der Waals surface area contributed by atoms with Crippen molar-refractivity contribution >= 4 is 21.9 Å². The van der Waals surface area contributed by atoms with Gasteiger partial charge in [0.2, 0.25) is 10.0 Å². The summed E-state index contributed by atoms with van der Waals surface area (Å²) in [4.78, 5) is 25.7. The predicted octanol–water partition coefficient (Wildman–Crippen LogP) is 3.06.